The molecule has 7 nitrogen and oxygen atoms in total. The molecule has 0 saturated carbocycles. The molecule has 3 aromatic rings. The molecule has 0 fully saturated rings. The second-order valence-corrected chi connectivity index (χ2v) is 6.97. The minimum atomic E-state index is -1.19. The molecule has 0 spiro atoms. The predicted octanol–water partition coefficient (Wildman–Crippen LogP) is 1.22. The van der Waals surface area contributed by atoms with E-state index in [1.54, 1.807) is 0 Å². The number of carboxylic acid groups (broad SMARTS) is 1. The maximum absolute atomic E-state index is 12.6. The lowest BCUT2D eigenvalue weighted by Gasteiger charge is -2.17. The molecule has 0 aliphatic carbocycles. The van der Waals surface area contributed by atoms with Gasteiger partial charge in [0.05, 0.1) is 0 Å². The lowest BCUT2D eigenvalue weighted by molar-refractivity contribution is -0.403. The first-order valence-corrected chi connectivity index (χ1v) is 9.19. The summed E-state index contributed by atoms with van der Waals surface area (Å²) >= 11 is 0. The number of phenols is 2. The van der Waals surface area contributed by atoms with E-state index in [1.807, 2.05) is 42.5 Å². The molecule has 2 atom stereocenters. The van der Waals surface area contributed by atoms with Gasteiger partial charge in [-0.2, -0.15) is 0 Å². The lowest BCUT2D eigenvalue weighted by atomic mass is 9.98. The van der Waals surface area contributed by atoms with Gasteiger partial charge >= 0.3 is 5.97 Å². The SMILES string of the molecule is [NH3+][C@@H](Cc1cccc2ccccc12)C(=O)NC(Cc1ccc(O)c(O)c1)C(=O)O. The highest BCUT2D eigenvalue weighted by Crippen LogP contribution is 2.25. The number of quaternary nitrogens is 1. The molecule has 1 amide bonds. The number of fused-ring (bicyclic) bond motifs is 1. The second-order valence-electron chi connectivity index (χ2n) is 6.97. The van der Waals surface area contributed by atoms with Gasteiger partial charge in [0.2, 0.25) is 0 Å². The standard InChI is InChI=1S/C22H22N2O5/c23-17(12-15-6-3-5-14-4-1-2-7-16(14)15)21(27)24-18(22(28)29)10-13-8-9-19(25)20(26)11-13/h1-9,11,17-18,25-26H,10,12,23H2,(H,24,27)(H,28,29)/p+1/t17-,18?/m0/s1. The summed E-state index contributed by atoms with van der Waals surface area (Å²) in [5.41, 5.74) is 5.35. The van der Waals surface area contributed by atoms with Crippen LogP contribution in [0.2, 0.25) is 0 Å². The molecular formula is C22H23N2O5+. The van der Waals surface area contributed by atoms with E-state index in [0.717, 1.165) is 16.3 Å². The van der Waals surface area contributed by atoms with E-state index in [4.69, 9.17) is 0 Å². The minimum absolute atomic E-state index is 0.0318. The Labute approximate surface area is 167 Å². The topological polar surface area (TPSA) is 134 Å². The van der Waals surface area contributed by atoms with Crippen molar-refractivity contribution in [3.8, 4) is 11.5 Å². The van der Waals surface area contributed by atoms with Gasteiger partial charge in [-0.25, -0.2) is 4.79 Å². The number of amides is 1. The predicted molar refractivity (Wildman–Crippen MR) is 107 cm³/mol. The van der Waals surface area contributed by atoms with Crippen molar-refractivity contribution >= 4 is 22.6 Å². The number of hydrogen-bond acceptors (Lipinski definition) is 4. The van der Waals surface area contributed by atoms with Crippen molar-refractivity contribution in [2.45, 2.75) is 24.9 Å². The third-order valence-corrected chi connectivity index (χ3v) is 4.81. The van der Waals surface area contributed by atoms with Crippen molar-refractivity contribution in [2.75, 3.05) is 0 Å². The average Bonchev–Trinajstić information content (AvgIpc) is 2.70. The van der Waals surface area contributed by atoms with E-state index in [0.29, 0.717) is 12.0 Å². The Kier molecular flexibility index (Phi) is 5.99. The zero-order valence-electron chi connectivity index (χ0n) is 15.7. The summed E-state index contributed by atoms with van der Waals surface area (Å²) in [4.78, 5) is 24.2. The van der Waals surface area contributed by atoms with Crippen molar-refractivity contribution in [2.24, 2.45) is 0 Å². The Bertz CT molecular complexity index is 1050. The zero-order valence-corrected chi connectivity index (χ0v) is 15.7. The number of rotatable bonds is 7. The molecule has 0 aliphatic heterocycles. The summed E-state index contributed by atoms with van der Waals surface area (Å²) < 4.78 is 0. The molecule has 150 valence electrons. The summed E-state index contributed by atoms with van der Waals surface area (Å²) in [7, 11) is 0. The molecule has 7 N–H and O–H groups in total. The van der Waals surface area contributed by atoms with Crippen LogP contribution in [0.25, 0.3) is 10.8 Å². The summed E-state index contributed by atoms with van der Waals surface area (Å²) in [5, 5.41) is 33.0. The highest BCUT2D eigenvalue weighted by Gasteiger charge is 2.26. The van der Waals surface area contributed by atoms with Gasteiger partial charge in [-0.3, -0.25) is 4.79 Å². The van der Waals surface area contributed by atoms with Gasteiger partial charge in [-0.15, -0.1) is 0 Å². The van der Waals surface area contributed by atoms with Crippen LogP contribution in [0.1, 0.15) is 11.1 Å². The zero-order chi connectivity index (χ0) is 21.0. The summed E-state index contributed by atoms with van der Waals surface area (Å²) in [6.45, 7) is 0. The Balaban J connectivity index is 1.70. The Morgan fingerprint density at radius 3 is 2.38 bits per heavy atom. The molecule has 0 aromatic heterocycles. The molecular weight excluding hydrogens is 372 g/mol. The maximum Gasteiger partial charge on any atom is 0.326 e. The molecule has 0 saturated heterocycles. The van der Waals surface area contributed by atoms with Crippen LogP contribution in [-0.2, 0) is 22.4 Å². The van der Waals surface area contributed by atoms with Crippen molar-refractivity contribution in [3.05, 3.63) is 71.8 Å². The molecule has 3 rings (SSSR count). The number of aromatic hydroxyl groups is 2. The van der Waals surface area contributed by atoms with Crippen LogP contribution in [0.4, 0.5) is 0 Å². The van der Waals surface area contributed by atoms with Crippen LogP contribution in [0.5, 0.6) is 11.5 Å². The van der Waals surface area contributed by atoms with Gasteiger partial charge in [0.1, 0.15) is 6.04 Å². The molecule has 0 radical (unpaired) electrons. The molecule has 0 aliphatic rings. The quantitative estimate of drug-likeness (QED) is 0.383. The third kappa shape index (κ3) is 4.83. The summed E-state index contributed by atoms with van der Waals surface area (Å²) in [6.07, 6.45) is 0.343. The first-order chi connectivity index (χ1) is 13.8. The fourth-order valence-corrected chi connectivity index (χ4v) is 3.25. The molecule has 29 heavy (non-hydrogen) atoms. The van der Waals surface area contributed by atoms with E-state index in [-0.39, 0.29) is 17.9 Å². The molecule has 0 bridgehead atoms. The van der Waals surface area contributed by atoms with Gasteiger partial charge in [-0.05, 0) is 34.0 Å². The summed E-state index contributed by atoms with van der Waals surface area (Å²) in [6, 6.07) is 15.9. The first kappa shape index (κ1) is 20.2. The maximum atomic E-state index is 12.6. The van der Waals surface area contributed by atoms with Crippen LogP contribution in [0.15, 0.2) is 60.7 Å². The smallest absolute Gasteiger partial charge is 0.326 e. The average molecular weight is 395 g/mol. The molecule has 3 aromatic carbocycles. The van der Waals surface area contributed by atoms with Crippen LogP contribution in [0, 0.1) is 0 Å². The number of phenolic OH excluding ortho intramolecular Hbond substituents is 2. The van der Waals surface area contributed by atoms with Crippen molar-refractivity contribution in [1.29, 1.82) is 0 Å². The Hall–Kier alpha value is -3.58. The minimum Gasteiger partial charge on any atom is -0.504 e. The fourth-order valence-electron chi connectivity index (χ4n) is 3.25. The highest BCUT2D eigenvalue weighted by atomic mass is 16.4. The van der Waals surface area contributed by atoms with Gasteiger partial charge < -0.3 is 26.4 Å². The van der Waals surface area contributed by atoms with E-state index in [1.165, 1.54) is 18.2 Å². The van der Waals surface area contributed by atoms with Crippen molar-refractivity contribution in [1.82, 2.24) is 5.32 Å². The number of benzene rings is 3. The van der Waals surface area contributed by atoms with Gasteiger partial charge in [-0.1, -0.05) is 48.5 Å². The third-order valence-electron chi connectivity index (χ3n) is 4.81. The number of hydrogen-bond donors (Lipinski definition) is 5. The number of carbonyl (C=O) groups is 2. The number of nitrogens with one attached hydrogen (secondary N) is 1. The van der Waals surface area contributed by atoms with Crippen LogP contribution in [-0.4, -0.2) is 39.3 Å². The monoisotopic (exact) mass is 395 g/mol. The van der Waals surface area contributed by atoms with Crippen LogP contribution < -0.4 is 11.1 Å². The highest BCUT2D eigenvalue weighted by molar-refractivity contribution is 5.88. The number of aliphatic carboxylic acids is 1. The number of carbonyl (C=O) groups excluding carboxylic acids is 1. The number of carboxylic acids is 1. The second kappa shape index (κ2) is 8.62. The first-order valence-electron chi connectivity index (χ1n) is 9.19. The van der Waals surface area contributed by atoms with Crippen molar-refractivity contribution < 1.29 is 30.6 Å². The van der Waals surface area contributed by atoms with E-state index < -0.39 is 24.0 Å². The van der Waals surface area contributed by atoms with Gasteiger partial charge in [0.15, 0.2) is 17.5 Å². The summed E-state index contributed by atoms with van der Waals surface area (Å²) in [5.74, 6) is -2.29. The molecule has 1 unspecified atom stereocenters. The molecule has 7 heteroatoms. The van der Waals surface area contributed by atoms with Crippen LogP contribution in [0.3, 0.4) is 0 Å². The van der Waals surface area contributed by atoms with E-state index in [9.17, 15) is 24.9 Å². The Morgan fingerprint density at radius 1 is 0.931 bits per heavy atom. The fraction of sp³-hybridized carbons (Fsp3) is 0.182. The van der Waals surface area contributed by atoms with E-state index >= 15 is 0 Å². The lowest BCUT2D eigenvalue weighted by Crippen LogP contribution is -2.69. The Morgan fingerprint density at radius 2 is 1.66 bits per heavy atom. The molecule has 0 heterocycles. The van der Waals surface area contributed by atoms with Crippen LogP contribution >= 0.6 is 0 Å². The van der Waals surface area contributed by atoms with Gasteiger partial charge in [0.25, 0.3) is 5.91 Å². The normalized spacial score (nSPS) is 13.0. The van der Waals surface area contributed by atoms with Gasteiger partial charge in [0, 0.05) is 12.8 Å². The van der Waals surface area contributed by atoms with E-state index in [2.05, 4.69) is 11.1 Å². The largest absolute Gasteiger partial charge is 0.504 e. The van der Waals surface area contributed by atoms with Crippen molar-refractivity contribution in [3.63, 3.8) is 0 Å².